The zero-order chi connectivity index (χ0) is 18.9. The average Bonchev–Trinajstić information content (AvgIpc) is 2.39. The number of carbonyl (C=O) groups excluding carboxylic acids is 3. The number of carboxylic acids is 2. The van der Waals surface area contributed by atoms with Gasteiger partial charge in [-0.05, 0) is 0 Å². The fraction of sp³-hybridized carbons (Fsp3) is 0.750. The monoisotopic (exact) mass is 560 g/mol. The number of amides is 1. The minimum absolute atomic E-state index is 0. The Balaban J connectivity index is -0.000000205. The summed E-state index contributed by atoms with van der Waals surface area (Å²) in [5, 5.41) is 21.9. The van der Waals surface area contributed by atoms with Crippen LogP contribution in [0, 0.1) is 0 Å². The minimum atomic E-state index is -5.13. The Hall–Kier alpha value is -0.832. The molecule has 25 heavy (non-hydrogen) atoms. The number of nitrogens with one attached hydrogen (secondary N) is 3. The molecule has 1 aliphatic carbocycles. The van der Waals surface area contributed by atoms with Gasteiger partial charge < -0.3 is 50.9 Å². The summed E-state index contributed by atoms with van der Waals surface area (Å²) in [5.74, 6) is -5.12. The summed E-state index contributed by atoms with van der Waals surface area (Å²) in [5.41, 5.74) is 14.6. The molecule has 0 aromatic heterocycles. The third kappa shape index (κ3) is 14.1. The van der Waals surface area contributed by atoms with E-state index in [4.69, 9.17) is 11.5 Å². The molecule has 11 nitrogen and oxygen atoms in total. The summed E-state index contributed by atoms with van der Waals surface area (Å²) >= 11 is 0. The second-order valence-corrected chi connectivity index (χ2v) is 6.82. The topological polar surface area (TPSA) is 220 Å². The van der Waals surface area contributed by atoms with Crippen LogP contribution in [0.1, 0.15) is 35.0 Å². The maximum Gasteiger partial charge on any atom is 4.00 e. The van der Waals surface area contributed by atoms with Gasteiger partial charge in [-0.2, -0.15) is 12.1 Å². The predicted octanol–water partition coefficient (Wildman–Crippen LogP) is -3.10. The van der Waals surface area contributed by atoms with Gasteiger partial charge in [0.2, 0.25) is 5.91 Å². The smallest absolute Gasteiger partial charge is 0.810 e. The van der Waals surface area contributed by atoms with E-state index in [9.17, 15) is 38.9 Å². The van der Waals surface area contributed by atoms with Crippen molar-refractivity contribution in [3.8, 4) is 0 Å². The minimum Gasteiger partial charge on any atom is -0.810 e. The molecule has 0 radical (unpaired) electrons. The van der Waals surface area contributed by atoms with Gasteiger partial charge in [0.25, 0.3) is 0 Å². The molecule has 1 fully saturated rings. The molecule has 13 heteroatoms. The van der Waals surface area contributed by atoms with Crippen molar-refractivity contribution >= 4 is 25.4 Å². The molecule has 1 amide bonds. The molecule has 3 atom stereocenters. The van der Waals surface area contributed by atoms with E-state index in [0.717, 1.165) is 12.8 Å². The number of carboxylic acid groups (broad SMARTS) is 2. The van der Waals surface area contributed by atoms with Crippen LogP contribution in [0.15, 0.2) is 0 Å². The Kier molecular flexibility index (Phi) is 13.2. The number of hydrogen-bond acceptors (Lipinski definition) is 8. The van der Waals surface area contributed by atoms with Crippen LogP contribution in [-0.4, -0.2) is 42.1 Å². The zero-order valence-corrected chi connectivity index (χ0v) is 16.2. The molecule has 3 N–H and O–H groups in total. The normalized spacial score (nSPS) is 21.0. The Morgan fingerprint density at radius 2 is 1.56 bits per heavy atom. The summed E-state index contributed by atoms with van der Waals surface area (Å²) in [6.07, 6.45) is 1.70. The summed E-state index contributed by atoms with van der Waals surface area (Å²) in [6.45, 7) is 0. The van der Waals surface area contributed by atoms with E-state index in [-0.39, 0.29) is 36.0 Å². The van der Waals surface area contributed by atoms with Gasteiger partial charge in [-0.15, -0.1) is 0 Å². The van der Waals surface area contributed by atoms with Crippen LogP contribution < -0.4 is 25.3 Å². The molecule has 146 valence electrons. The molecule has 0 aliphatic heterocycles. The summed E-state index contributed by atoms with van der Waals surface area (Å²) in [4.78, 5) is 51.4. The Bertz CT molecular complexity index is 501. The van der Waals surface area contributed by atoms with Crippen LogP contribution in [0.5, 0.6) is 0 Å². The van der Waals surface area contributed by atoms with Crippen molar-refractivity contribution in [2.75, 3.05) is 6.16 Å². The van der Waals surface area contributed by atoms with Crippen molar-refractivity contribution in [1.29, 1.82) is 0 Å². The van der Waals surface area contributed by atoms with Gasteiger partial charge in [0.15, 0.2) is 0 Å². The van der Waals surface area contributed by atoms with E-state index in [1.807, 2.05) is 0 Å². The summed E-state index contributed by atoms with van der Waals surface area (Å²) in [7, 11) is -5.13. The quantitative estimate of drug-likeness (QED) is 0.327. The largest absolute Gasteiger partial charge is 4.00 e. The summed E-state index contributed by atoms with van der Waals surface area (Å²) in [6, 6.07) is -2.10. The second kappa shape index (κ2) is 12.5. The van der Waals surface area contributed by atoms with Crippen LogP contribution in [0.3, 0.4) is 0 Å². The molecule has 1 saturated carbocycles. The standard InChI is InChI=1S/C6H12N2.C6H10NO8P.Pt/c7-5-3-1-2-4-6(5)8;8-4(2-16(13,14)15)7-3(6(11)12)1-5(9)10;/h5-8H,1-4H2;3H,1-2H2,(H,7,8)(H,9,10)(H,11,12)(H2,13,14,15);/q-2;;+4/p-2. The van der Waals surface area contributed by atoms with Gasteiger partial charge in [0.05, 0.1) is 18.2 Å². The van der Waals surface area contributed by atoms with Crippen molar-refractivity contribution in [1.82, 2.24) is 5.32 Å². The van der Waals surface area contributed by atoms with E-state index in [1.165, 1.54) is 18.2 Å². The van der Waals surface area contributed by atoms with E-state index in [0.29, 0.717) is 0 Å². The van der Waals surface area contributed by atoms with Crippen molar-refractivity contribution in [2.24, 2.45) is 0 Å². The fourth-order valence-corrected chi connectivity index (χ4v) is 2.35. The van der Waals surface area contributed by atoms with Gasteiger partial charge in [-0.25, -0.2) is 0 Å². The molecular weight excluding hydrogens is 540 g/mol. The molecule has 0 heterocycles. The third-order valence-electron chi connectivity index (χ3n) is 3.09. The molecule has 0 aromatic carbocycles. The Morgan fingerprint density at radius 3 is 1.84 bits per heavy atom. The zero-order valence-electron chi connectivity index (χ0n) is 15.0. The first kappa shape index (κ1) is 26.4. The van der Waals surface area contributed by atoms with Crippen molar-refractivity contribution in [3.63, 3.8) is 0 Å². The van der Waals surface area contributed by atoms with Crippen LogP contribution in [-0.2, 0) is 40.0 Å². The maximum absolute atomic E-state index is 10.8. The molecule has 0 bridgehead atoms. The van der Waals surface area contributed by atoms with Crippen LogP contribution >= 0.6 is 7.60 Å². The number of carbonyl (C=O) groups is 3. The van der Waals surface area contributed by atoms with Gasteiger partial charge in [0, 0.05) is 12.4 Å². The van der Waals surface area contributed by atoms with Gasteiger partial charge in [-0.3, -0.25) is 4.79 Å². The van der Waals surface area contributed by atoms with Crippen molar-refractivity contribution < 1.29 is 62.9 Å². The first-order valence-corrected chi connectivity index (χ1v) is 8.78. The molecular formula is C12H20N3O8PPt. The van der Waals surface area contributed by atoms with Gasteiger partial charge in [0.1, 0.15) is 0 Å². The average molecular weight is 560 g/mol. The Morgan fingerprint density at radius 1 is 1.12 bits per heavy atom. The number of rotatable bonds is 6. The van der Waals surface area contributed by atoms with Crippen molar-refractivity contribution in [2.45, 2.75) is 50.2 Å². The molecule has 0 saturated heterocycles. The van der Waals surface area contributed by atoms with Crippen LogP contribution in [0.4, 0.5) is 0 Å². The van der Waals surface area contributed by atoms with Gasteiger partial charge >= 0.3 is 23.9 Å². The molecule has 3 unspecified atom stereocenters. The second-order valence-electron chi connectivity index (χ2n) is 5.28. The number of hydrogen-bond donors (Lipinski definition) is 1. The fourth-order valence-electron chi connectivity index (χ4n) is 1.91. The van der Waals surface area contributed by atoms with E-state index >= 15 is 0 Å². The molecule has 0 aromatic rings. The van der Waals surface area contributed by atoms with Crippen molar-refractivity contribution in [3.05, 3.63) is 11.5 Å². The molecule has 1 rings (SSSR count). The van der Waals surface area contributed by atoms with Crippen LogP contribution in [0.2, 0.25) is 0 Å². The van der Waals surface area contributed by atoms with Crippen LogP contribution in [0.25, 0.3) is 11.5 Å². The molecule has 0 spiro atoms. The Labute approximate surface area is 161 Å². The maximum atomic E-state index is 10.8. The van der Waals surface area contributed by atoms with E-state index < -0.39 is 44.1 Å². The van der Waals surface area contributed by atoms with E-state index in [1.54, 1.807) is 0 Å². The molecule has 1 aliphatic rings. The predicted molar refractivity (Wildman–Crippen MR) is 75.9 cm³/mol. The van der Waals surface area contributed by atoms with E-state index in [2.05, 4.69) is 0 Å². The third-order valence-corrected chi connectivity index (χ3v) is 3.77. The summed E-state index contributed by atoms with van der Waals surface area (Å²) < 4.78 is 10.1. The first-order valence-electron chi connectivity index (χ1n) is 7.05. The number of aliphatic carboxylic acids is 2. The first-order chi connectivity index (χ1) is 10.9. The SMILES string of the molecule is O=C([O-])CC(NC(=O)CP(=O)([O-])[O-])C(=O)[O-].[H+].[H+].[NH-]C1CCCCC1[NH-].[Pt+4]. The van der Waals surface area contributed by atoms with Gasteiger partial charge in [-0.1, -0.05) is 33.3 Å².